The fourth-order valence-electron chi connectivity index (χ4n) is 3.58. The first-order valence-electron chi connectivity index (χ1n) is 8.83. The Balaban J connectivity index is 1.65. The van der Waals surface area contributed by atoms with Gasteiger partial charge in [-0.3, -0.25) is 4.79 Å². The van der Waals surface area contributed by atoms with Crippen molar-refractivity contribution >= 4 is 5.91 Å². The third-order valence-electron chi connectivity index (χ3n) is 4.88. The molecular formula is C21H25NO4. The van der Waals surface area contributed by atoms with Gasteiger partial charge in [-0.1, -0.05) is 30.3 Å². The van der Waals surface area contributed by atoms with Gasteiger partial charge in [0.05, 0.1) is 27.4 Å². The molecule has 0 spiro atoms. The molecule has 0 aromatic heterocycles. The van der Waals surface area contributed by atoms with E-state index in [-0.39, 0.29) is 11.9 Å². The highest BCUT2D eigenvalue weighted by atomic mass is 16.5. The SMILES string of the molecule is COc1ccc(CCC(=O)NC2CCc3ccccc32)c(OC)c1OC. The third-order valence-corrected chi connectivity index (χ3v) is 4.88. The summed E-state index contributed by atoms with van der Waals surface area (Å²) in [5, 5.41) is 3.16. The minimum absolute atomic E-state index is 0.0449. The number of carbonyl (C=O) groups excluding carboxylic acids is 1. The van der Waals surface area contributed by atoms with Crippen molar-refractivity contribution < 1.29 is 19.0 Å². The Labute approximate surface area is 154 Å². The summed E-state index contributed by atoms with van der Waals surface area (Å²) in [6.45, 7) is 0. The van der Waals surface area contributed by atoms with Crippen LogP contribution in [0.25, 0.3) is 0 Å². The summed E-state index contributed by atoms with van der Waals surface area (Å²) >= 11 is 0. The molecule has 0 saturated carbocycles. The first-order chi connectivity index (χ1) is 12.7. The maximum absolute atomic E-state index is 12.5. The highest BCUT2D eigenvalue weighted by Gasteiger charge is 2.23. The van der Waals surface area contributed by atoms with Gasteiger partial charge in [-0.05, 0) is 42.0 Å². The van der Waals surface area contributed by atoms with Gasteiger partial charge in [0.2, 0.25) is 11.7 Å². The molecule has 5 heteroatoms. The number of amides is 1. The Morgan fingerprint density at radius 1 is 1.04 bits per heavy atom. The molecule has 5 nitrogen and oxygen atoms in total. The fourth-order valence-corrected chi connectivity index (χ4v) is 3.58. The number of ether oxygens (including phenoxy) is 3. The van der Waals surface area contributed by atoms with Crippen molar-refractivity contribution in [1.29, 1.82) is 0 Å². The predicted octanol–water partition coefficient (Wildman–Crippen LogP) is 3.45. The van der Waals surface area contributed by atoms with Crippen LogP contribution in [0.2, 0.25) is 0 Å². The van der Waals surface area contributed by atoms with Crippen LogP contribution in [0.1, 0.15) is 35.6 Å². The van der Waals surface area contributed by atoms with E-state index >= 15 is 0 Å². The number of hydrogen-bond donors (Lipinski definition) is 1. The average Bonchev–Trinajstić information content (AvgIpc) is 3.08. The summed E-state index contributed by atoms with van der Waals surface area (Å²) in [5.74, 6) is 1.83. The number of methoxy groups -OCH3 is 3. The summed E-state index contributed by atoms with van der Waals surface area (Å²) < 4.78 is 16.2. The van der Waals surface area contributed by atoms with E-state index in [1.165, 1.54) is 11.1 Å². The Morgan fingerprint density at radius 2 is 1.81 bits per heavy atom. The Bertz CT molecular complexity index is 788. The molecule has 0 bridgehead atoms. The van der Waals surface area contributed by atoms with Gasteiger partial charge in [-0.15, -0.1) is 0 Å². The molecule has 1 atom stereocenters. The number of benzene rings is 2. The van der Waals surface area contributed by atoms with E-state index in [1.807, 2.05) is 24.3 Å². The lowest BCUT2D eigenvalue weighted by molar-refractivity contribution is -0.121. The van der Waals surface area contributed by atoms with Gasteiger partial charge in [0.1, 0.15) is 0 Å². The third kappa shape index (κ3) is 3.62. The van der Waals surface area contributed by atoms with Crippen LogP contribution in [0.5, 0.6) is 17.2 Å². The summed E-state index contributed by atoms with van der Waals surface area (Å²) in [5.41, 5.74) is 3.50. The second kappa shape index (κ2) is 8.13. The molecule has 1 amide bonds. The lowest BCUT2D eigenvalue weighted by Gasteiger charge is -2.17. The van der Waals surface area contributed by atoms with Gasteiger partial charge in [-0.2, -0.15) is 0 Å². The smallest absolute Gasteiger partial charge is 0.220 e. The van der Waals surface area contributed by atoms with Gasteiger partial charge < -0.3 is 19.5 Å². The molecule has 2 aromatic rings. The van der Waals surface area contributed by atoms with Gasteiger partial charge in [-0.25, -0.2) is 0 Å². The first-order valence-corrected chi connectivity index (χ1v) is 8.83. The monoisotopic (exact) mass is 355 g/mol. The van der Waals surface area contributed by atoms with Crippen LogP contribution in [0.4, 0.5) is 0 Å². The number of hydrogen-bond acceptors (Lipinski definition) is 4. The van der Waals surface area contributed by atoms with Crippen LogP contribution in [-0.2, 0) is 17.6 Å². The van der Waals surface area contributed by atoms with Crippen molar-refractivity contribution in [3.8, 4) is 17.2 Å². The number of fused-ring (bicyclic) bond motifs is 1. The molecule has 3 rings (SSSR count). The average molecular weight is 355 g/mol. The van der Waals surface area contributed by atoms with Crippen molar-refractivity contribution in [2.45, 2.75) is 31.7 Å². The molecule has 0 aliphatic heterocycles. The molecule has 1 N–H and O–H groups in total. The van der Waals surface area contributed by atoms with Gasteiger partial charge in [0, 0.05) is 6.42 Å². The van der Waals surface area contributed by atoms with Crippen molar-refractivity contribution in [3.63, 3.8) is 0 Å². The van der Waals surface area contributed by atoms with E-state index < -0.39 is 0 Å². The molecule has 0 heterocycles. The summed E-state index contributed by atoms with van der Waals surface area (Å²) in [6, 6.07) is 12.2. The summed E-state index contributed by atoms with van der Waals surface area (Å²) in [4.78, 5) is 12.5. The number of rotatable bonds is 7. The van der Waals surface area contributed by atoms with Crippen molar-refractivity contribution in [1.82, 2.24) is 5.32 Å². The minimum Gasteiger partial charge on any atom is -0.493 e. The van der Waals surface area contributed by atoms with Crippen LogP contribution in [0.15, 0.2) is 36.4 Å². The summed E-state index contributed by atoms with van der Waals surface area (Å²) in [7, 11) is 4.76. The van der Waals surface area contributed by atoms with Gasteiger partial charge >= 0.3 is 0 Å². The zero-order valence-corrected chi connectivity index (χ0v) is 15.5. The maximum atomic E-state index is 12.5. The Kier molecular flexibility index (Phi) is 5.66. The minimum atomic E-state index is 0.0449. The van der Waals surface area contributed by atoms with Gasteiger partial charge in [0.15, 0.2) is 11.5 Å². The zero-order valence-electron chi connectivity index (χ0n) is 15.5. The van der Waals surface area contributed by atoms with Crippen molar-refractivity contribution in [3.05, 3.63) is 53.1 Å². The molecule has 2 aromatic carbocycles. The standard InChI is InChI=1S/C21H25NO4/c1-24-18-12-9-15(20(25-2)21(18)26-3)10-13-19(23)22-17-11-8-14-6-4-5-7-16(14)17/h4-7,9,12,17H,8,10-11,13H2,1-3H3,(H,22,23). The van der Waals surface area contributed by atoms with Crippen molar-refractivity contribution in [2.75, 3.05) is 21.3 Å². The Hall–Kier alpha value is -2.69. The largest absolute Gasteiger partial charge is 0.493 e. The Morgan fingerprint density at radius 3 is 2.54 bits per heavy atom. The number of carbonyl (C=O) groups is 1. The predicted molar refractivity (Wildman–Crippen MR) is 100 cm³/mol. The van der Waals surface area contributed by atoms with Crippen LogP contribution in [-0.4, -0.2) is 27.2 Å². The highest BCUT2D eigenvalue weighted by Crippen LogP contribution is 2.40. The van der Waals surface area contributed by atoms with Crippen LogP contribution < -0.4 is 19.5 Å². The van der Waals surface area contributed by atoms with E-state index in [0.717, 1.165) is 18.4 Å². The number of nitrogens with one attached hydrogen (secondary N) is 1. The van der Waals surface area contributed by atoms with Crippen LogP contribution in [0, 0.1) is 0 Å². The van der Waals surface area contributed by atoms with Crippen LogP contribution >= 0.6 is 0 Å². The van der Waals surface area contributed by atoms with E-state index in [1.54, 1.807) is 21.3 Å². The summed E-state index contributed by atoms with van der Waals surface area (Å²) in [6.07, 6.45) is 2.95. The zero-order chi connectivity index (χ0) is 18.5. The lowest BCUT2D eigenvalue weighted by Crippen LogP contribution is -2.27. The molecule has 138 valence electrons. The quantitative estimate of drug-likeness (QED) is 0.826. The second-order valence-corrected chi connectivity index (χ2v) is 6.35. The molecule has 0 saturated heterocycles. The molecule has 1 aliphatic rings. The molecule has 1 aliphatic carbocycles. The maximum Gasteiger partial charge on any atom is 0.220 e. The number of aryl methyl sites for hydroxylation is 2. The molecular weight excluding hydrogens is 330 g/mol. The molecule has 0 fully saturated rings. The van der Waals surface area contributed by atoms with E-state index in [4.69, 9.17) is 14.2 Å². The molecule has 1 unspecified atom stereocenters. The second-order valence-electron chi connectivity index (χ2n) is 6.35. The van der Waals surface area contributed by atoms with Gasteiger partial charge in [0.25, 0.3) is 0 Å². The van der Waals surface area contributed by atoms with E-state index in [9.17, 15) is 4.79 Å². The first kappa shape index (κ1) is 18.1. The lowest BCUT2D eigenvalue weighted by atomic mass is 10.1. The van der Waals surface area contributed by atoms with E-state index in [0.29, 0.717) is 30.1 Å². The highest BCUT2D eigenvalue weighted by molar-refractivity contribution is 5.77. The fraction of sp³-hybridized carbons (Fsp3) is 0.381. The van der Waals surface area contributed by atoms with Crippen molar-refractivity contribution in [2.24, 2.45) is 0 Å². The van der Waals surface area contributed by atoms with E-state index in [2.05, 4.69) is 17.4 Å². The molecule has 26 heavy (non-hydrogen) atoms. The molecule has 0 radical (unpaired) electrons. The normalized spacial score (nSPS) is 15.3. The topological polar surface area (TPSA) is 56.8 Å². The van der Waals surface area contributed by atoms with Crippen LogP contribution in [0.3, 0.4) is 0 Å².